The van der Waals surface area contributed by atoms with Crippen LogP contribution in [-0.4, -0.2) is 10.8 Å². The Morgan fingerprint density at radius 1 is 1.43 bits per heavy atom. The van der Waals surface area contributed by atoms with Crippen molar-refractivity contribution >= 4 is 5.71 Å². The van der Waals surface area contributed by atoms with Crippen molar-refractivity contribution in [1.82, 2.24) is 0 Å². The average Bonchev–Trinajstić information content (AvgIpc) is 2.78. The van der Waals surface area contributed by atoms with Gasteiger partial charge in [0, 0.05) is 5.71 Å². The molecule has 4 nitrogen and oxygen atoms in total. The average molecular weight is 191 g/mol. The SMILES string of the molecule is CC(=N)C1(c2c(O)c(=O)c2=O)C=C1C. The molecule has 0 saturated heterocycles. The van der Waals surface area contributed by atoms with Gasteiger partial charge in [-0.05, 0) is 13.8 Å². The minimum absolute atomic E-state index is 0.0764. The number of aromatic hydroxyl groups is 1. The van der Waals surface area contributed by atoms with Crippen molar-refractivity contribution in [2.24, 2.45) is 0 Å². The van der Waals surface area contributed by atoms with Crippen LogP contribution in [0.15, 0.2) is 21.2 Å². The first-order valence-electron chi connectivity index (χ1n) is 4.21. The van der Waals surface area contributed by atoms with Crippen LogP contribution < -0.4 is 10.9 Å². The van der Waals surface area contributed by atoms with E-state index in [9.17, 15) is 14.7 Å². The highest BCUT2D eigenvalue weighted by Crippen LogP contribution is 2.48. The van der Waals surface area contributed by atoms with E-state index in [1.807, 2.05) is 0 Å². The van der Waals surface area contributed by atoms with E-state index in [0.29, 0.717) is 0 Å². The zero-order valence-electron chi connectivity index (χ0n) is 7.84. The van der Waals surface area contributed by atoms with Gasteiger partial charge < -0.3 is 10.5 Å². The second-order valence-electron chi connectivity index (χ2n) is 3.64. The van der Waals surface area contributed by atoms with Gasteiger partial charge in [0.25, 0.3) is 5.43 Å². The van der Waals surface area contributed by atoms with Gasteiger partial charge in [-0.3, -0.25) is 9.59 Å². The summed E-state index contributed by atoms with van der Waals surface area (Å²) in [5.74, 6) is -0.477. The Hall–Kier alpha value is -1.71. The zero-order chi connectivity index (χ0) is 10.7. The van der Waals surface area contributed by atoms with Crippen LogP contribution in [0.1, 0.15) is 19.4 Å². The van der Waals surface area contributed by atoms with Gasteiger partial charge in [0.2, 0.25) is 5.43 Å². The quantitative estimate of drug-likeness (QED) is 0.399. The summed E-state index contributed by atoms with van der Waals surface area (Å²) in [7, 11) is 0. The molecule has 2 rings (SSSR count). The van der Waals surface area contributed by atoms with Crippen molar-refractivity contribution in [3.63, 3.8) is 0 Å². The van der Waals surface area contributed by atoms with Gasteiger partial charge in [-0.15, -0.1) is 0 Å². The predicted octanol–water partition coefficient (Wildman–Crippen LogP) is 0.226. The molecular formula is C10H9NO3. The lowest BCUT2D eigenvalue weighted by Crippen LogP contribution is -2.42. The second kappa shape index (κ2) is 2.20. The summed E-state index contributed by atoms with van der Waals surface area (Å²) in [6.45, 7) is 3.33. The Balaban J connectivity index is 2.58. The Morgan fingerprint density at radius 3 is 2.21 bits per heavy atom. The van der Waals surface area contributed by atoms with E-state index >= 15 is 0 Å². The van der Waals surface area contributed by atoms with Crippen molar-refractivity contribution in [1.29, 1.82) is 5.41 Å². The number of allylic oxidation sites excluding steroid dienone is 2. The van der Waals surface area contributed by atoms with Crippen LogP contribution in [0.5, 0.6) is 5.75 Å². The molecule has 1 unspecified atom stereocenters. The van der Waals surface area contributed by atoms with Crippen molar-refractivity contribution in [2.75, 3.05) is 0 Å². The summed E-state index contributed by atoms with van der Waals surface area (Å²) < 4.78 is 0. The molecule has 0 heterocycles. The summed E-state index contributed by atoms with van der Waals surface area (Å²) in [5.41, 5.74) is -1.16. The normalized spacial score (nSPS) is 24.9. The number of nitrogens with one attached hydrogen (secondary N) is 1. The molecule has 4 heteroatoms. The summed E-state index contributed by atoms with van der Waals surface area (Å²) in [6.07, 6.45) is 1.71. The Labute approximate surface area is 79.7 Å². The second-order valence-corrected chi connectivity index (χ2v) is 3.64. The summed E-state index contributed by atoms with van der Waals surface area (Å²) in [4.78, 5) is 22.0. The predicted molar refractivity (Wildman–Crippen MR) is 51.9 cm³/mol. The molecule has 2 N–H and O–H groups in total. The van der Waals surface area contributed by atoms with Gasteiger partial charge in [0.1, 0.15) is 0 Å². The molecule has 1 aromatic carbocycles. The van der Waals surface area contributed by atoms with Gasteiger partial charge in [-0.1, -0.05) is 11.6 Å². The highest BCUT2D eigenvalue weighted by molar-refractivity contribution is 6.02. The van der Waals surface area contributed by atoms with Crippen LogP contribution in [0.25, 0.3) is 0 Å². The lowest BCUT2D eigenvalue weighted by atomic mass is 9.83. The summed E-state index contributed by atoms with van der Waals surface area (Å²) in [5, 5.41) is 16.8. The molecule has 1 atom stereocenters. The third-order valence-corrected chi connectivity index (χ3v) is 2.84. The first-order valence-corrected chi connectivity index (χ1v) is 4.21. The van der Waals surface area contributed by atoms with E-state index in [2.05, 4.69) is 0 Å². The first-order chi connectivity index (χ1) is 6.43. The van der Waals surface area contributed by atoms with Crippen molar-refractivity contribution in [2.45, 2.75) is 19.3 Å². The van der Waals surface area contributed by atoms with E-state index in [-0.39, 0.29) is 11.3 Å². The van der Waals surface area contributed by atoms with E-state index in [1.165, 1.54) is 0 Å². The minimum atomic E-state index is -0.839. The Bertz CT molecular complexity index is 546. The fourth-order valence-electron chi connectivity index (χ4n) is 1.89. The van der Waals surface area contributed by atoms with Crippen LogP contribution in [-0.2, 0) is 5.41 Å². The monoisotopic (exact) mass is 191 g/mol. The number of rotatable bonds is 2. The fraction of sp³-hybridized carbons (Fsp3) is 0.300. The van der Waals surface area contributed by atoms with E-state index < -0.39 is 22.0 Å². The maximum Gasteiger partial charge on any atom is 0.268 e. The molecule has 0 fully saturated rings. The zero-order valence-corrected chi connectivity index (χ0v) is 7.84. The molecule has 0 aromatic heterocycles. The Kier molecular flexibility index (Phi) is 1.40. The number of hydrogen-bond acceptors (Lipinski definition) is 4. The Morgan fingerprint density at radius 2 is 1.93 bits per heavy atom. The molecule has 0 amide bonds. The van der Waals surface area contributed by atoms with E-state index in [1.54, 1.807) is 19.9 Å². The van der Waals surface area contributed by atoms with Crippen molar-refractivity contribution in [3.8, 4) is 5.75 Å². The highest BCUT2D eigenvalue weighted by atomic mass is 16.3. The van der Waals surface area contributed by atoms with Crippen molar-refractivity contribution < 1.29 is 5.11 Å². The van der Waals surface area contributed by atoms with Gasteiger partial charge in [-0.25, -0.2) is 0 Å². The molecule has 1 aliphatic carbocycles. The highest BCUT2D eigenvalue weighted by Gasteiger charge is 2.51. The molecule has 1 aliphatic rings. The molecular weight excluding hydrogens is 182 g/mol. The maximum absolute atomic E-state index is 11.2. The van der Waals surface area contributed by atoms with Crippen molar-refractivity contribution in [3.05, 3.63) is 37.7 Å². The van der Waals surface area contributed by atoms with Crippen LogP contribution in [0.2, 0.25) is 0 Å². The number of hydrogen-bond donors (Lipinski definition) is 2. The fourth-order valence-corrected chi connectivity index (χ4v) is 1.89. The largest absolute Gasteiger partial charge is 0.504 e. The topological polar surface area (TPSA) is 78.2 Å². The maximum atomic E-state index is 11.2. The van der Waals surface area contributed by atoms with Crippen LogP contribution in [0, 0.1) is 5.41 Å². The molecule has 0 bridgehead atoms. The lowest BCUT2D eigenvalue weighted by molar-refractivity contribution is 0.451. The van der Waals surface area contributed by atoms with Gasteiger partial charge in [0.15, 0.2) is 5.75 Å². The molecule has 0 aliphatic heterocycles. The molecule has 0 spiro atoms. The lowest BCUT2D eigenvalue weighted by Gasteiger charge is -2.18. The van der Waals surface area contributed by atoms with Crippen LogP contribution >= 0.6 is 0 Å². The van der Waals surface area contributed by atoms with Crippen LogP contribution in [0.4, 0.5) is 0 Å². The van der Waals surface area contributed by atoms with Gasteiger partial charge in [0.05, 0.1) is 11.0 Å². The molecule has 0 radical (unpaired) electrons. The molecule has 14 heavy (non-hydrogen) atoms. The molecule has 1 aromatic rings. The van der Waals surface area contributed by atoms with Gasteiger partial charge >= 0.3 is 0 Å². The summed E-state index contributed by atoms with van der Waals surface area (Å²) in [6, 6.07) is 0. The standard InChI is InChI=1S/C10H9NO3/c1-4-3-10(4,5(2)11)6-7(12)9(14)8(6)13/h3,11-12H,1-2H3. The van der Waals surface area contributed by atoms with E-state index in [0.717, 1.165) is 5.57 Å². The minimum Gasteiger partial charge on any atom is -0.504 e. The third-order valence-electron chi connectivity index (χ3n) is 2.84. The van der Waals surface area contributed by atoms with Gasteiger partial charge in [-0.2, -0.15) is 0 Å². The smallest absolute Gasteiger partial charge is 0.268 e. The van der Waals surface area contributed by atoms with Crippen LogP contribution in [0.3, 0.4) is 0 Å². The first kappa shape index (κ1) is 8.87. The third kappa shape index (κ3) is 0.713. The molecule has 72 valence electrons. The molecule has 0 saturated carbocycles. The van der Waals surface area contributed by atoms with E-state index in [4.69, 9.17) is 5.41 Å². The summed E-state index contributed by atoms with van der Waals surface area (Å²) >= 11 is 0.